The van der Waals surface area contributed by atoms with E-state index in [2.05, 4.69) is 5.32 Å². The summed E-state index contributed by atoms with van der Waals surface area (Å²) in [6, 6.07) is 3.33. The zero-order chi connectivity index (χ0) is 14.2. The lowest BCUT2D eigenvalue weighted by Crippen LogP contribution is -2.03. The van der Waals surface area contributed by atoms with E-state index in [1.807, 2.05) is 0 Å². The monoisotopic (exact) mass is 290 g/mol. The summed E-state index contributed by atoms with van der Waals surface area (Å²) in [6.07, 6.45) is 0. The first-order valence-corrected chi connectivity index (χ1v) is 5.43. The molecule has 0 aromatic heterocycles. The van der Waals surface area contributed by atoms with E-state index >= 15 is 0 Å². The zero-order valence-corrected chi connectivity index (χ0v) is 10.0. The van der Waals surface area contributed by atoms with Crippen molar-refractivity contribution in [2.45, 2.75) is 0 Å². The van der Waals surface area contributed by atoms with Crippen LogP contribution in [0.1, 0.15) is 0 Å². The number of hydrogen-bond donors (Lipinski definition) is 2. The maximum absolute atomic E-state index is 13.5. The van der Waals surface area contributed by atoms with Gasteiger partial charge in [0.25, 0.3) is 0 Å². The standard InChI is InChI=1S/C12H7ClF4N2/c13-6-3-5(14)4-8(16)11(6)19-12-9(18)2-1-7(15)10(12)17/h1-4,19H,18H2. The topological polar surface area (TPSA) is 38.0 Å². The number of anilines is 3. The summed E-state index contributed by atoms with van der Waals surface area (Å²) >= 11 is 5.63. The second-order valence-electron chi connectivity index (χ2n) is 3.70. The van der Waals surface area contributed by atoms with Crippen LogP contribution in [-0.4, -0.2) is 0 Å². The maximum Gasteiger partial charge on any atom is 0.184 e. The maximum atomic E-state index is 13.5. The predicted octanol–water partition coefficient (Wildman–Crippen LogP) is 4.22. The Morgan fingerprint density at radius 2 is 1.63 bits per heavy atom. The van der Waals surface area contributed by atoms with Crippen LogP contribution in [0.3, 0.4) is 0 Å². The van der Waals surface area contributed by atoms with Gasteiger partial charge in [0, 0.05) is 6.07 Å². The molecule has 3 N–H and O–H groups in total. The average Bonchev–Trinajstić information content (AvgIpc) is 2.32. The Kier molecular flexibility index (Phi) is 3.53. The molecule has 0 bridgehead atoms. The minimum atomic E-state index is -1.28. The van der Waals surface area contributed by atoms with Crippen molar-refractivity contribution in [1.29, 1.82) is 0 Å². The van der Waals surface area contributed by atoms with Crippen molar-refractivity contribution in [3.8, 4) is 0 Å². The van der Waals surface area contributed by atoms with Gasteiger partial charge in [-0.05, 0) is 18.2 Å². The van der Waals surface area contributed by atoms with Crippen molar-refractivity contribution >= 4 is 28.7 Å². The Morgan fingerprint density at radius 1 is 0.947 bits per heavy atom. The Morgan fingerprint density at radius 3 is 2.26 bits per heavy atom. The van der Waals surface area contributed by atoms with Crippen LogP contribution in [0.15, 0.2) is 24.3 Å². The molecule has 0 aliphatic carbocycles. The molecule has 0 amide bonds. The molecule has 0 heterocycles. The molecule has 0 atom stereocenters. The SMILES string of the molecule is Nc1ccc(F)c(F)c1Nc1c(F)cc(F)cc1Cl. The van der Waals surface area contributed by atoms with Crippen LogP contribution in [0, 0.1) is 23.3 Å². The first kappa shape index (κ1) is 13.5. The minimum absolute atomic E-state index is 0.140. The van der Waals surface area contributed by atoms with Crippen molar-refractivity contribution in [2.75, 3.05) is 11.1 Å². The number of rotatable bonds is 2. The fourth-order valence-electron chi connectivity index (χ4n) is 1.48. The zero-order valence-electron chi connectivity index (χ0n) is 9.28. The number of nitrogen functional groups attached to an aromatic ring is 1. The fraction of sp³-hybridized carbons (Fsp3) is 0. The summed E-state index contributed by atoms with van der Waals surface area (Å²) in [7, 11) is 0. The van der Waals surface area contributed by atoms with Crippen LogP contribution in [0.2, 0.25) is 5.02 Å². The van der Waals surface area contributed by atoms with Crippen LogP contribution in [0.4, 0.5) is 34.6 Å². The van der Waals surface area contributed by atoms with Gasteiger partial charge in [0.15, 0.2) is 17.5 Å². The van der Waals surface area contributed by atoms with Crippen molar-refractivity contribution in [2.24, 2.45) is 0 Å². The van der Waals surface area contributed by atoms with Crippen LogP contribution in [0.25, 0.3) is 0 Å². The van der Waals surface area contributed by atoms with Crippen molar-refractivity contribution in [1.82, 2.24) is 0 Å². The Bertz CT molecular complexity index is 623. The van der Waals surface area contributed by atoms with Gasteiger partial charge in [-0.15, -0.1) is 0 Å². The van der Waals surface area contributed by atoms with Crippen molar-refractivity contribution in [3.05, 3.63) is 52.6 Å². The Balaban J connectivity index is 2.51. The van der Waals surface area contributed by atoms with Crippen molar-refractivity contribution in [3.63, 3.8) is 0 Å². The van der Waals surface area contributed by atoms with E-state index in [4.69, 9.17) is 17.3 Å². The number of nitrogens with two attached hydrogens (primary N) is 1. The first-order valence-electron chi connectivity index (χ1n) is 5.05. The molecule has 2 nitrogen and oxygen atoms in total. The van der Waals surface area contributed by atoms with E-state index in [0.717, 1.165) is 18.2 Å². The molecule has 0 saturated heterocycles. The highest BCUT2D eigenvalue weighted by Gasteiger charge is 2.16. The lowest BCUT2D eigenvalue weighted by molar-refractivity contribution is 0.512. The third-order valence-electron chi connectivity index (χ3n) is 2.38. The average molecular weight is 291 g/mol. The van der Waals surface area contributed by atoms with Crippen LogP contribution < -0.4 is 11.1 Å². The summed E-state index contributed by atoms with van der Waals surface area (Å²) < 4.78 is 53.0. The van der Waals surface area contributed by atoms with Gasteiger partial charge in [-0.2, -0.15) is 0 Å². The lowest BCUT2D eigenvalue weighted by Gasteiger charge is -2.13. The van der Waals surface area contributed by atoms with E-state index in [9.17, 15) is 17.6 Å². The summed E-state index contributed by atoms with van der Waals surface area (Å²) in [4.78, 5) is 0. The smallest absolute Gasteiger partial charge is 0.184 e. The largest absolute Gasteiger partial charge is 0.397 e. The van der Waals surface area contributed by atoms with Gasteiger partial charge in [0.2, 0.25) is 0 Å². The van der Waals surface area contributed by atoms with Crippen molar-refractivity contribution < 1.29 is 17.6 Å². The van der Waals surface area contributed by atoms with E-state index < -0.39 is 29.0 Å². The van der Waals surface area contributed by atoms with Gasteiger partial charge >= 0.3 is 0 Å². The van der Waals surface area contributed by atoms with Crippen LogP contribution in [-0.2, 0) is 0 Å². The molecule has 2 aromatic carbocycles. The third-order valence-corrected chi connectivity index (χ3v) is 2.68. The van der Waals surface area contributed by atoms with E-state index in [-0.39, 0.29) is 16.4 Å². The van der Waals surface area contributed by atoms with E-state index in [1.54, 1.807) is 0 Å². The second-order valence-corrected chi connectivity index (χ2v) is 4.10. The molecule has 0 spiro atoms. The molecule has 2 rings (SSSR count). The van der Waals surface area contributed by atoms with Gasteiger partial charge in [-0.25, -0.2) is 17.6 Å². The lowest BCUT2D eigenvalue weighted by atomic mass is 10.2. The summed E-state index contributed by atoms with van der Waals surface area (Å²) in [5, 5.41) is 1.91. The normalized spacial score (nSPS) is 10.6. The van der Waals surface area contributed by atoms with Crippen LogP contribution >= 0.6 is 11.6 Å². The van der Waals surface area contributed by atoms with Crippen LogP contribution in [0.5, 0.6) is 0 Å². The highest BCUT2D eigenvalue weighted by Crippen LogP contribution is 2.33. The molecule has 19 heavy (non-hydrogen) atoms. The van der Waals surface area contributed by atoms with Gasteiger partial charge in [0.05, 0.1) is 16.4 Å². The summed E-state index contributed by atoms with van der Waals surface area (Å²) in [5.41, 5.74) is 4.46. The molecule has 0 unspecified atom stereocenters. The molecule has 7 heteroatoms. The molecule has 0 fully saturated rings. The molecule has 0 aliphatic heterocycles. The molecule has 100 valence electrons. The number of halogens is 5. The van der Waals surface area contributed by atoms with Gasteiger partial charge in [-0.3, -0.25) is 0 Å². The summed E-state index contributed by atoms with van der Waals surface area (Å²) in [5.74, 6) is -4.37. The van der Waals surface area contributed by atoms with E-state index in [0.29, 0.717) is 6.07 Å². The molecule has 2 aromatic rings. The van der Waals surface area contributed by atoms with Gasteiger partial charge < -0.3 is 11.1 Å². The molecular weight excluding hydrogens is 284 g/mol. The number of hydrogen-bond acceptors (Lipinski definition) is 2. The Labute approximate surface area is 110 Å². The molecule has 0 saturated carbocycles. The van der Waals surface area contributed by atoms with Gasteiger partial charge in [0.1, 0.15) is 11.5 Å². The highest BCUT2D eigenvalue weighted by atomic mass is 35.5. The quantitative estimate of drug-likeness (QED) is 0.642. The fourth-order valence-corrected chi connectivity index (χ4v) is 1.72. The third kappa shape index (κ3) is 2.58. The summed E-state index contributed by atoms with van der Waals surface area (Å²) in [6.45, 7) is 0. The van der Waals surface area contributed by atoms with E-state index in [1.165, 1.54) is 0 Å². The Hall–Kier alpha value is -1.95. The number of nitrogens with one attached hydrogen (secondary N) is 1. The predicted molar refractivity (Wildman–Crippen MR) is 65.4 cm³/mol. The minimum Gasteiger partial charge on any atom is -0.397 e. The number of benzene rings is 2. The molecule has 0 radical (unpaired) electrons. The second kappa shape index (κ2) is 4.97. The van der Waals surface area contributed by atoms with Gasteiger partial charge in [-0.1, -0.05) is 11.6 Å². The first-order chi connectivity index (χ1) is 8.90. The molecule has 0 aliphatic rings. The highest BCUT2D eigenvalue weighted by molar-refractivity contribution is 6.33. The molecular formula is C12H7ClF4N2.